The van der Waals surface area contributed by atoms with Crippen LogP contribution in [0.3, 0.4) is 0 Å². The second kappa shape index (κ2) is 6.39. The summed E-state index contributed by atoms with van der Waals surface area (Å²) in [5, 5.41) is 3.21. The third-order valence-electron chi connectivity index (χ3n) is 2.74. The van der Waals surface area contributed by atoms with E-state index in [1.165, 1.54) is 11.3 Å². The second-order valence-corrected chi connectivity index (χ2v) is 7.65. The summed E-state index contributed by atoms with van der Waals surface area (Å²) in [4.78, 5) is 0.978. The molecule has 2 aromatic rings. The molecule has 0 unspecified atom stereocenters. The van der Waals surface area contributed by atoms with Crippen LogP contribution < -0.4 is 10.0 Å². The van der Waals surface area contributed by atoms with E-state index in [0.717, 1.165) is 23.5 Å². The highest BCUT2D eigenvalue weighted by atomic mass is 32.2. The van der Waals surface area contributed by atoms with E-state index in [-0.39, 0.29) is 0 Å². The summed E-state index contributed by atoms with van der Waals surface area (Å²) in [5.41, 5.74) is 1.64. The summed E-state index contributed by atoms with van der Waals surface area (Å²) in [6, 6.07) is 10.9. The molecule has 0 amide bonds. The fraction of sp³-hybridized carbons (Fsp3) is 0.286. The maximum atomic E-state index is 12.2. The Kier molecular flexibility index (Phi) is 4.80. The van der Waals surface area contributed by atoms with Crippen molar-refractivity contribution in [1.82, 2.24) is 5.32 Å². The molecule has 0 aliphatic heterocycles. The van der Waals surface area contributed by atoms with E-state index in [0.29, 0.717) is 9.90 Å². The lowest BCUT2D eigenvalue weighted by molar-refractivity contribution is 0.603. The molecule has 20 heavy (non-hydrogen) atoms. The van der Waals surface area contributed by atoms with Gasteiger partial charge in [0.2, 0.25) is 0 Å². The van der Waals surface area contributed by atoms with E-state index >= 15 is 0 Å². The predicted octanol–water partition coefficient (Wildman–Crippen LogP) is 2.97. The highest BCUT2D eigenvalue weighted by Crippen LogP contribution is 2.23. The zero-order valence-corrected chi connectivity index (χ0v) is 13.1. The van der Waals surface area contributed by atoms with Gasteiger partial charge in [-0.25, -0.2) is 8.42 Å². The van der Waals surface area contributed by atoms with Gasteiger partial charge in [-0.3, -0.25) is 4.72 Å². The first-order valence-corrected chi connectivity index (χ1v) is 8.70. The number of thiophene rings is 1. The smallest absolute Gasteiger partial charge is 0.271 e. The topological polar surface area (TPSA) is 58.2 Å². The largest absolute Gasteiger partial charge is 0.313 e. The van der Waals surface area contributed by atoms with Crippen LogP contribution in [0.5, 0.6) is 0 Å². The Morgan fingerprint density at radius 2 is 2.00 bits per heavy atom. The standard InChI is InChI=1S/C14H18N2O2S2/c1-3-15-10-12-5-4-6-13(9-12)16-20(17,18)14-8-7-11(2)19-14/h4-9,15-16H,3,10H2,1-2H3. The first kappa shape index (κ1) is 15.0. The molecule has 2 N–H and O–H groups in total. The molecular formula is C14H18N2O2S2. The maximum Gasteiger partial charge on any atom is 0.271 e. The van der Waals surface area contributed by atoms with Crippen molar-refractivity contribution < 1.29 is 8.42 Å². The first-order chi connectivity index (χ1) is 9.51. The van der Waals surface area contributed by atoms with Crippen molar-refractivity contribution in [3.05, 3.63) is 46.8 Å². The van der Waals surface area contributed by atoms with Crippen molar-refractivity contribution in [2.75, 3.05) is 11.3 Å². The fourth-order valence-electron chi connectivity index (χ4n) is 1.78. The molecule has 0 saturated carbocycles. The van der Waals surface area contributed by atoms with E-state index in [4.69, 9.17) is 0 Å². The predicted molar refractivity (Wildman–Crippen MR) is 83.7 cm³/mol. The lowest BCUT2D eigenvalue weighted by Gasteiger charge is -2.08. The van der Waals surface area contributed by atoms with E-state index in [1.54, 1.807) is 18.2 Å². The van der Waals surface area contributed by atoms with Gasteiger partial charge in [0.15, 0.2) is 0 Å². The zero-order valence-electron chi connectivity index (χ0n) is 11.5. The molecule has 4 nitrogen and oxygen atoms in total. The van der Waals surface area contributed by atoms with Crippen LogP contribution in [0, 0.1) is 6.92 Å². The molecule has 108 valence electrons. The molecule has 0 bridgehead atoms. The molecule has 1 heterocycles. The summed E-state index contributed by atoms with van der Waals surface area (Å²) in [6.07, 6.45) is 0. The Hall–Kier alpha value is -1.37. The van der Waals surface area contributed by atoms with Crippen LogP contribution in [0.2, 0.25) is 0 Å². The van der Waals surface area contributed by atoms with Crippen LogP contribution in [-0.4, -0.2) is 15.0 Å². The molecule has 2 rings (SSSR count). The molecular weight excluding hydrogens is 292 g/mol. The summed E-state index contributed by atoms with van der Waals surface area (Å²) >= 11 is 1.27. The lowest BCUT2D eigenvalue weighted by Crippen LogP contribution is -2.13. The van der Waals surface area contributed by atoms with Crippen LogP contribution in [0.15, 0.2) is 40.6 Å². The molecule has 0 saturated heterocycles. The van der Waals surface area contributed by atoms with Gasteiger partial charge >= 0.3 is 0 Å². The van der Waals surface area contributed by atoms with Crippen LogP contribution in [0.25, 0.3) is 0 Å². The molecule has 1 aromatic heterocycles. The van der Waals surface area contributed by atoms with Crippen molar-refractivity contribution in [2.45, 2.75) is 24.6 Å². The Morgan fingerprint density at radius 3 is 2.65 bits per heavy atom. The number of benzene rings is 1. The monoisotopic (exact) mass is 310 g/mol. The minimum Gasteiger partial charge on any atom is -0.313 e. The van der Waals surface area contributed by atoms with Crippen LogP contribution in [-0.2, 0) is 16.6 Å². The minimum atomic E-state index is -3.48. The summed E-state index contributed by atoms with van der Waals surface area (Å²) in [6.45, 7) is 5.53. The molecule has 1 aromatic carbocycles. The quantitative estimate of drug-likeness (QED) is 0.862. The lowest BCUT2D eigenvalue weighted by atomic mass is 10.2. The summed E-state index contributed by atoms with van der Waals surface area (Å²) in [7, 11) is -3.48. The summed E-state index contributed by atoms with van der Waals surface area (Å²) < 4.78 is 27.4. The fourth-order valence-corrected chi connectivity index (χ4v) is 4.11. The van der Waals surface area contributed by atoms with Crippen LogP contribution in [0.4, 0.5) is 5.69 Å². The van der Waals surface area contributed by atoms with Gasteiger partial charge in [-0.2, -0.15) is 0 Å². The number of sulfonamides is 1. The molecule has 6 heteroatoms. The van der Waals surface area contributed by atoms with Crippen molar-refractivity contribution in [2.24, 2.45) is 0 Å². The van der Waals surface area contributed by atoms with Gasteiger partial charge in [0.25, 0.3) is 10.0 Å². The van der Waals surface area contributed by atoms with Gasteiger partial charge in [0.05, 0.1) is 0 Å². The van der Waals surface area contributed by atoms with Crippen molar-refractivity contribution in [1.29, 1.82) is 0 Å². The van der Waals surface area contributed by atoms with E-state index in [2.05, 4.69) is 10.0 Å². The Balaban J connectivity index is 2.17. The molecule has 0 radical (unpaired) electrons. The first-order valence-electron chi connectivity index (χ1n) is 6.40. The average Bonchev–Trinajstić information content (AvgIpc) is 2.84. The van der Waals surface area contributed by atoms with Gasteiger partial charge in [0, 0.05) is 17.1 Å². The Morgan fingerprint density at radius 1 is 1.20 bits per heavy atom. The molecule has 0 atom stereocenters. The third kappa shape index (κ3) is 3.82. The van der Waals surface area contributed by atoms with Crippen molar-refractivity contribution in [3.8, 4) is 0 Å². The highest BCUT2D eigenvalue weighted by molar-refractivity contribution is 7.94. The third-order valence-corrected chi connectivity index (χ3v) is 5.61. The number of rotatable bonds is 6. The van der Waals surface area contributed by atoms with Gasteiger partial charge in [-0.15, -0.1) is 11.3 Å². The van der Waals surface area contributed by atoms with Crippen LogP contribution >= 0.6 is 11.3 Å². The van der Waals surface area contributed by atoms with Gasteiger partial charge in [0.1, 0.15) is 4.21 Å². The van der Waals surface area contributed by atoms with Crippen LogP contribution in [0.1, 0.15) is 17.4 Å². The number of nitrogens with one attached hydrogen (secondary N) is 2. The van der Waals surface area contributed by atoms with Gasteiger partial charge in [-0.1, -0.05) is 19.1 Å². The van der Waals surface area contributed by atoms with E-state index in [1.807, 2.05) is 32.0 Å². The SMILES string of the molecule is CCNCc1cccc(NS(=O)(=O)c2ccc(C)s2)c1. The molecule has 0 aliphatic rings. The molecule has 0 spiro atoms. The molecule has 0 fully saturated rings. The number of aryl methyl sites for hydroxylation is 1. The highest BCUT2D eigenvalue weighted by Gasteiger charge is 2.16. The maximum absolute atomic E-state index is 12.2. The Bertz CT molecular complexity index is 678. The zero-order chi connectivity index (χ0) is 14.6. The minimum absolute atomic E-state index is 0.340. The van der Waals surface area contributed by atoms with Gasteiger partial charge in [-0.05, 0) is 43.3 Å². The van der Waals surface area contributed by atoms with E-state index < -0.39 is 10.0 Å². The van der Waals surface area contributed by atoms with Crippen molar-refractivity contribution in [3.63, 3.8) is 0 Å². The molecule has 0 aliphatic carbocycles. The van der Waals surface area contributed by atoms with Gasteiger partial charge < -0.3 is 5.32 Å². The normalized spacial score (nSPS) is 11.5. The van der Waals surface area contributed by atoms with Crippen molar-refractivity contribution >= 4 is 27.0 Å². The number of hydrogen-bond acceptors (Lipinski definition) is 4. The Labute approximate surface area is 123 Å². The average molecular weight is 310 g/mol. The second-order valence-electron chi connectivity index (χ2n) is 4.45. The number of anilines is 1. The number of hydrogen-bond donors (Lipinski definition) is 2. The van der Waals surface area contributed by atoms with E-state index in [9.17, 15) is 8.42 Å². The summed E-state index contributed by atoms with van der Waals surface area (Å²) in [5.74, 6) is 0.